The van der Waals surface area contributed by atoms with Crippen molar-refractivity contribution >= 4 is 21.9 Å². The van der Waals surface area contributed by atoms with Crippen molar-refractivity contribution in [1.82, 2.24) is 0 Å². The fourth-order valence-corrected chi connectivity index (χ4v) is 1.40. The van der Waals surface area contributed by atoms with Crippen molar-refractivity contribution in [3.8, 4) is 0 Å². The normalized spacial score (nSPS) is 10.1. The SMILES string of the molecule is O=C(O)c1ccc(F)c(CBr)c1F. The Labute approximate surface area is 81.3 Å². The molecule has 70 valence electrons. The van der Waals surface area contributed by atoms with E-state index in [-0.39, 0.29) is 10.9 Å². The van der Waals surface area contributed by atoms with E-state index in [2.05, 4.69) is 15.9 Å². The van der Waals surface area contributed by atoms with Gasteiger partial charge in [-0.25, -0.2) is 13.6 Å². The van der Waals surface area contributed by atoms with Crippen molar-refractivity contribution in [3.05, 3.63) is 34.9 Å². The van der Waals surface area contributed by atoms with E-state index in [1.54, 1.807) is 0 Å². The molecule has 5 heteroatoms. The Kier molecular flexibility index (Phi) is 2.98. The first kappa shape index (κ1) is 10.1. The summed E-state index contributed by atoms with van der Waals surface area (Å²) in [4.78, 5) is 10.4. The second-order valence-corrected chi connectivity index (χ2v) is 2.89. The van der Waals surface area contributed by atoms with Crippen LogP contribution in [0.2, 0.25) is 0 Å². The second-order valence-electron chi connectivity index (χ2n) is 2.33. The molecule has 1 N–H and O–H groups in total. The molecule has 0 aliphatic heterocycles. The summed E-state index contributed by atoms with van der Waals surface area (Å²) in [6.45, 7) is 0. The first-order chi connectivity index (χ1) is 6.07. The lowest BCUT2D eigenvalue weighted by Crippen LogP contribution is -2.04. The van der Waals surface area contributed by atoms with Crippen molar-refractivity contribution < 1.29 is 18.7 Å². The molecule has 0 amide bonds. The summed E-state index contributed by atoms with van der Waals surface area (Å²) in [6.07, 6.45) is 0. The number of halogens is 3. The number of carboxylic acids is 1. The minimum Gasteiger partial charge on any atom is -0.478 e. The van der Waals surface area contributed by atoms with Gasteiger partial charge in [-0.2, -0.15) is 0 Å². The largest absolute Gasteiger partial charge is 0.478 e. The highest BCUT2D eigenvalue weighted by Crippen LogP contribution is 2.19. The second kappa shape index (κ2) is 3.83. The number of hydrogen-bond donors (Lipinski definition) is 1. The maximum atomic E-state index is 13.1. The number of aromatic carboxylic acids is 1. The number of benzene rings is 1. The average Bonchev–Trinajstić information content (AvgIpc) is 2.04. The van der Waals surface area contributed by atoms with Gasteiger partial charge in [0.05, 0.1) is 5.56 Å². The lowest BCUT2D eigenvalue weighted by molar-refractivity contribution is 0.0691. The fourth-order valence-electron chi connectivity index (χ4n) is 0.885. The third kappa shape index (κ3) is 1.85. The fraction of sp³-hybridized carbons (Fsp3) is 0.125. The minimum absolute atomic E-state index is 0.0498. The van der Waals surface area contributed by atoms with Gasteiger partial charge in [0.1, 0.15) is 11.6 Å². The molecule has 0 unspecified atom stereocenters. The molecule has 0 spiro atoms. The quantitative estimate of drug-likeness (QED) is 0.820. The molecule has 2 nitrogen and oxygen atoms in total. The maximum absolute atomic E-state index is 13.1. The molecule has 1 aromatic rings. The van der Waals surface area contributed by atoms with E-state index in [0.29, 0.717) is 0 Å². The summed E-state index contributed by atoms with van der Waals surface area (Å²) >= 11 is 2.87. The third-order valence-electron chi connectivity index (χ3n) is 1.55. The van der Waals surface area contributed by atoms with Gasteiger partial charge in [0.2, 0.25) is 0 Å². The van der Waals surface area contributed by atoms with Crippen molar-refractivity contribution in [2.24, 2.45) is 0 Å². The summed E-state index contributed by atoms with van der Waals surface area (Å²) in [7, 11) is 0. The molecule has 1 aromatic carbocycles. The molecule has 0 aliphatic rings. The van der Waals surface area contributed by atoms with Crippen molar-refractivity contribution in [2.45, 2.75) is 5.33 Å². The van der Waals surface area contributed by atoms with Crippen LogP contribution in [0.15, 0.2) is 12.1 Å². The Bertz CT molecular complexity index is 352. The summed E-state index contributed by atoms with van der Waals surface area (Å²) in [5, 5.41) is 8.45. The van der Waals surface area contributed by atoms with Gasteiger partial charge in [0, 0.05) is 10.9 Å². The van der Waals surface area contributed by atoms with E-state index in [1.807, 2.05) is 0 Å². The standard InChI is InChI=1S/C8H5BrF2O2/c9-3-5-6(10)2-1-4(7(5)11)8(12)13/h1-2H,3H2,(H,12,13). The first-order valence-electron chi connectivity index (χ1n) is 3.34. The highest BCUT2D eigenvalue weighted by Gasteiger charge is 2.16. The maximum Gasteiger partial charge on any atom is 0.338 e. The molecule has 0 bridgehead atoms. The molecular formula is C8H5BrF2O2. The Morgan fingerprint density at radius 3 is 2.54 bits per heavy atom. The highest BCUT2D eigenvalue weighted by molar-refractivity contribution is 9.08. The van der Waals surface area contributed by atoms with Crippen molar-refractivity contribution in [3.63, 3.8) is 0 Å². The van der Waals surface area contributed by atoms with Gasteiger partial charge in [0.25, 0.3) is 0 Å². The van der Waals surface area contributed by atoms with Gasteiger partial charge in [-0.15, -0.1) is 0 Å². The summed E-state index contributed by atoms with van der Waals surface area (Å²) in [6, 6.07) is 1.84. The van der Waals surface area contributed by atoms with Crippen LogP contribution in [0.25, 0.3) is 0 Å². The zero-order valence-corrected chi connectivity index (χ0v) is 7.94. The molecule has 0 atom stereocenters. The van der Waals surface area contributed by atoms with Gasteiger partial charge < -0.3 is 5.11 Å². The van der Waals surface area contributed by atoms with Crippen molar-refractivity contribution in [2.75, 3.05) is 0 Å². The molecule has 0 saturated heterocycles. The van der Waals surface area contributed by atoms with Crippen LogP contribution in [0.3, 0.4) is 0 Å². The first-order valence-corrected chi connectivity index (χ1v) is 4.46. The molecule has 0 aromatic heterocycles. The molecule has 0 fully saturated rings. The van der Waals surface area contributed by atoms with E-state index >= 15 is 0 Å². The Hall–Kier alpha value is -0.970. The topological polar surface area (TPSA) is 37.3 Å². The van der Waals surface area contributed by atoms with Gasteiger partial charge >= 0.3 is 5.97 Å². The molecule has 0 heterocycles. The van der Waals surface area contributed by atoms with E-state index in [1.165, 1.54) is 0 Å². The van der Waals surface area contributed by atoms with Crippen LogP contribution in [0, 0.1) is 11.6 Å². The number of rotatable bonds is 2. The van der Waals surface area contributed by atoms with Crippen LogP contribution in [0.5, 0.6) is 0 Å². The predicted molar refractivity (Wildman–Crippen MR) is 45.9 cm³/mol. The zero-order valence-electron chi connectivity index (χ0n) is 6.35. The average molecular weight is 251 g/mol. The zero-order chi connectivity index (χ0) is 10.0. The molecule has 0 aliphatic carbocycles. The van der Waals surface area contributed by atoms with Crippen molar-refractivity contribution in [1.29, 1.82) is 0 Å². The number of carboxylic acid groups (broad SMARTS) is 1. The van der Waals surface area contributed by atoms with Gasteiger partial charge in [-0.3, -0.25) is 0 Å². The summed E-state index contributed by atoms with van der Waals surface area (Å²) < 4.78 is 26.0. The summed E-state index contributed by atoms with van der Waals surface area (Å²) in [5.41, 5.74) is -0.782. The Balaban J connectivity index is 3.35. The van der Waals surface area contributed by atoms with E-state index in [9.17, 15) is 13.6 Å². The lowest BCUT2D eigenvalue weighted by atomic mass is 10.1. The number of carbonyl (C=O) groups is 1. The highest BCUT2D eigenvalue weighted by atomic mass is 79.9. The van der Waals surface area contributed by atoms with E-state index in [0.717, 1.165) is 12.1 Å². The monoisotopic (exact) mass is 250 g/mol. The van der Waals surface area contributed by atoms with Gasteiger partial charge in [0.15, 0.2) is 0 Å². The number of alkyl halides is 1. The van der Waals surface area contributed by atoms with E-state index in [4.69, 9.17) is 5.11 Å². The van der Waals surface area contributed by atoms with Gasteiger partial charge in [-0.05, 0) is 12.1 Å². The predicted octanol–water partition coefficient (Wildman–Crippen LogP) is 2.56. The van der Waals surface area contributed by atoms with Crippen LogP contribution in [-0.4, -0.2) is 11.1 Å². The van der Waals surface area contributed by atoms with Crippen LogP contribution in [0.1, 0.15) is 15.9 Å². The van der Waals surface area contributed by atoms with Crippen LogP contribution in [-0.2, 0) is 5.33 Å². The van der Waals surface area contributed by atoms with Crippen LogP contribution in [0.4, 0.5) is 8.78 Å². The van der Waals surface area contributed by atoms with Crippen LogP contribution < -0.4 is 0 Å². The number of hydrogen-bond acceptors (Lipinski definition) is 1. The van der Waals surface area contributed by atoms with E-state index < -0.39 is 23.2 Å². The van der Waals surface area contributed by atoms with Gasteiger partial charge in [-0.1, -0.05) is 15.9 Å². The molecule has 13 heavy (non-hydrogen) atoms. The third-order valence-corrected chi connectivity index (χ3v) is 2.11. The molecule has 0 radical (unpaired) electrons. The lowest BCUT2D eigenvalue weighted by Gasteiger charge is -2.03. The molecule has 1 rings (SSSR count). The minimum atomic E-state index is -1.40. The molecular weight excluding hydrogens is 246 g/mol. The van der Waals surface area contributed by atoms with Crippen LogP contribution >= 0.6 is 15.9 Å². The molecule has 0 saturated carbocycles. The Morgan fingerprint density at radius 2 is 2.08 bits per heavy atom. The summed E-state index contributed by atoms with van der Waals surface area (Å²) in [5.74, 6) is -3.18. The smallest absolute Gasteiger partial charge is 0.338 e. The Morgan fingerprint density at radius 1 is 1.46 bits per heavy atom.